The molecule has 0 radical (unpaired) electrons. The summed E-state index contributed by atoms with van der Waals surface area (Å²) in [7, 11) is 1.58. The van der Waals surface area contributed by atoms with E-state index in [1.54, 1.807) is 13.2 Å². The quantitative estimate of drug-likeness (QED) is 0.560. The van der Waals surface area contributed by atoms with Crippen LogP contribution in [0, 0.1) is 34.5 Å². The maximum absolute atomic E-state index is 12.9. The summed E-state index contributed by atoms with van der Waals surface area (Å²) in [4.78, 5) is 24.7. The van der Waals surface area contributed by atoms with Gasteiger partial charge in [-0.15, -0.1) is 0 Å². The van der Waals surface area contributed by atoms with E-state index >= 15 is 0 Å². The van der Waals surface area contributed by atoms with Crippen molar-refractivity contribution in [2.45, 2.75) is 66.2 Å². The van der Waals surface area contributed by atoms with E-state index in [0.29, 0.717) is 17.8 Å². The highest BCUT2D eigenvalue weighted by Gasteiger charge is 2.55. The molecule has 0 aliphatic heterocycles. The summed E-state index contributed by atoms with van der Waals surface area (Å²) >= 11 is 1.02. The first-order valence-corrected chi connectivity index (χ1v) is 11.2. The largest absolute Gasteiger partial charge is 0.311 e. The van der Waals surface area contributed by atoms with Gasteiger partial charge in [-0.3, -0.25) is 9.59 Å². The lowest BCUT2D eigenvalue weighted by Gasteiger charge is -2.58. The van der Waals surface area contributed by atoms with Crippen molar-refractivity contribution >= 4 is 22.9 Å². The molecule has 3 rings (SSSR count). The summed E-state index contributed by atoms with van der Waals surface area (Å²) in [5, 5.41) is 0.193. The lowest BCUT2D eigenvalue weighted by molar-refractivity contribution is -0.126. The molecular formula is C23H34O3S. The predicted molar refractivity (Wildman–Crippen MR) is 111 cm³/mol. The van der Waals surface area contributed by atoms with Crippen LogP contribution in [-0.4, -0.2) is 18.0 Å². The number of hydrogen-bond acceptors (Lipinski definition) is 4. The first-order valence-electron chi connectivity index (χ1n) is 10.5. The van der Waals surface area contributed by atoms with E-state index in [1.807, 2.05) is 6.08 Å². The van der Waals surface area contributed by atoms with Gasteiger partial charge in [0.1, 0.15) is 0 Å². The van der Waals surface area contributed by atoms with Crippen molar-refractivity contribution in [3.05, 3.63) is 23.8 Å². The molecule has 0 aromatic heterocycles. The Morgan fingerprint density at radius 1 is 1.37 bits per heavy atom. The molecule has 0 spiro atoms. The molecule has 2 fully saturated rings. The number of ketones is 1. The second-order valence-electron chi connectivity index (χ2n) is 9.24. The first-order chi connectivity index (χ1) is 12.8. The van der Waals surface area contributed by atoms with Gasteiger partial charge in [0.05, 0.1) is 19.2 Å². The molecule has 4 heteroatoms. The minimum atomic E-state index is 0.0119. The van der Waals surface area contributed by atoms with Crippen molar-refractivity contribution in [1.29, 1.82) is 0 Å². The zero-order valence-corrected chi connectivity index (χ0v) is 18.2. The molecule has 2 saturated carbocycles. The Hall–Kier alpha value is -0.870. The third kappa shape index (κ3) is 3.48. The SMILES string of the molecule is CCCC(C(=O)SOC)[C@@]1(C)CCC2[C@@H](CCC3=CC(=O)C=C[C@@]32C)C1C. The summed E-state index contributed by atoms with van der Waals surface area (Å²) in [6.07, 6.45) is 12.1. The van der Waals surface area contributed by atoms with E-state index in [1.165, 1.54) is 5.57 Å². The van der Waals surface area contributed by atoms with Gasteiger partial charge in [-0.25, -0.2) is 0 Å². The van der Waals surface area contributed by atoms with Crippen molar-refractivity contribution in [3.8, 4) is 0 Å². The van der Waals surface area contributed by atoms with Crippen LogP contribution in [0.25, 0.3) is 0 Å². The van der Waals surface area contributed by atoms with Crippen LogP contribution in [0.2, 0.25) is 0 Å². The summed E-state index contributed by atoms with van der Waals surface area (Å²) in [6.45, 7) is 9.21. The predicted octanol–water partition coefficient (Wildman–Crippen LogP) is 5.76. The fourth-order valence-electron chi connectivity index (χ4n) is 6.34. The van der Waals surface area contributed by atoms with Crippen molar-refractivity contribution in [2.24, 2.45) is 34.5 Å². The standard InChI is InChI=1S/C23H34O3S/c1-6-7-20(21(25)27-26-5)22(3)13-11-19-18(15(22)2)9-8-16-14-17(24)10-12-23(16,19)4/h10,12,14-15,18-20H,6-9,11,13H2,1-5H3/t15?,18-,19?,20?,22-,23-/m0/s1. The zero-order valence-electron chi connectivity index (χ0n) is 17.4. The van der Waals surface area contributed by atoms with Gasteiger partial charge in [0.2, 0.25) is 5.12 Å². The van der Waals surface area contributed by atoms with Gasteiger partial charge in [0, 0.05) is 11.3 Å². The van der Waals surface area contributed by atoms with Crippen LogP contribution in [0.15, 0.2) is 23.8 Å². The van der Waals surface area contributed by atoms with E-state index in [4.69, 9.17) is 4.18 Å². The van der Waals surface area contributed by atoms with Crippen molar-refractivity contribution in [2.75, 3.05) is 7.11 Å². The number of hydrogen-bond donors (Lipinski definition) is 0. The minimum Gasteiger partial charge on any atom is -0.311 e. The average molecular weight is 391 g/mol. The van der Waals surface area contributed by atoms with Crippen LogP contribution >= 0.6 is 12.0 Å². The molecule has 3 aliphatic carbocycles. The van der Waals surface area contributed by atoms with Crippen LogP contribution in [0.5, 0.6) is 0 Å². The molecule has 3 nitrogen and oxygen atoms in total. The van der Waals surface area contributed by atoms with Gasteiger partial charge in [-0.2, -0.15) is 0 Å². The second kappa shape index (κ2) is 7.87. The Kier molecular flexibility index (Phi) is 6.08. The van der Waals surface area contributed by atoms with E-state index in [0.717, 1.165) is 50.6 Å². The third-order valence-electron chi connectivity index (χ3n) is 8.14. The topological polar surface area (TPSA) is 43.4 Å². The smallest absolute Gasteiger partial charge is 0.219 e. The maximum Gasteiger partial charge on any atom is 0.219 e. The molecular weight excluding hydrogens is 356 g/mol. The number of carbonyl (C=O) groups excluding carboxylic acids is 2. The number of carbonyl (C=O) groups is 2. The Morgan fingerprint density at radius 3 is 2.78 bits per heavy atom. The molecule has 3 aliphatic rings. The lowest BCUT2D eigenvalue weighted by atomic mass is 9.46. The monoisotopic (exact) mass is 390 g/mol. The molecule has 6 atom stereocenters. The number of rotatable bonds is 5. The lowest BCUT2D eigenvalue weighted by Crippen LogP contribution is -2.52. The van der Waals surface area contributed by atoms with Crippen LogP contribution in [0.3, 0.4) is 0 Å². The van der Waals surface area contributed by atoms with Gasteiger partial charge in [-0.05, 0) is 67.4 Å². The van der Waals surface area contributed by atoms with Crippen LogP contribution in [0.1, 0.15) is 66.2 Å². The Morgan fingerprint density at radius 2 is 2.11 bits per heavy atom. The van der Waals surface area contributed by atoms with Gasteiger partial charge in [-0.1, -0.05) is 45.8 Å². The molecule has 27 heavy (non-hydrogen) atoms. The summed E-state index contributed by atoms with van der Waals surface area (Å²) in [5.74, 6) is 1.84. The fraction of sp³-hybridized carbons (Fsp3) is 0.739. The van der Waals surface area contributed by atoms with Gasteiger partial charge in [0.15, 0.2) is 5.78 Å². The number of allylic oxidation sites excluding steroid dienone is 4. The molecule has 0 aromatic carbocycles. The fourth-order valence-corrected chi connectivity index (χ4v) is 7.01. The Balaban J connectivity index is 1.89. The Bertz CT molecular complexity index is 667. The molecule has 0 bridgehead atoms. The van der Waals surface area contributed by atoms with Crippen LogP contribution < -0.4 is 0 Å². The van der Waals surface area contributed by atoms with Gasteiger partial charge < -0.3 is 4.18 Å². The molecule has 0 saturated heterocycles. The highest BCUT2D eigenvalue weighted by Crippen LogP contribution is 2.62. The first kappa shape index (κ1) is 20.9. The summed E-state index contributed by atoms with van der Waals surface area (Å²) < 4.78 is 5.12. The van der Waals surface area contributed by atoms with E-state index in [9.17, 15) is 9.59 Å². The van der Waals surface area contributed by atoms with Crippen LogP contribution in [0.4, 0.5) is 0 Å². The average Bonchev–Trinajstić information content (AvgIpc) is 2.63. The summed E-state index contributed by atoms with van der Waals surface area (Å²) in [5.41, 5.74) is 1.35. The maximum atomic E-state index is 12.9. The van der Waals surface area contributed by atoms with Crippen molar-refractivity contribution in [1.82, 2.24) is 0 Å². The molecule has 0 N–H and O–H groups in total. The van der Waals surface area contributed by atoms with Gasteiger partial charge in [0.25, 0.3) is 0 Å². The Labute approximate surface area is 168 Å². The van der Waals surface area contributed by atoms with Crippen LogP contribution in [-0.2, 0) is 13.8 Å². The van der Waals surface area contributed by atoms with Crippen molar-refractivity contribution in [3.63, 3.8) is 0 Å². The molecule has 150 valence electrons. The molecule has 3 unspecified atom stereocenters. The summed E-state index contributed by atoms with van der Waals surface area (Å²) in [6, 6.07) is 0. The minimum absolute atomic E-state index is 0.0119. The van der Waals surface area contributed by atoms with E-state index in [2.05, 4.69) is 33.8 Å². The second-order valence-corrected chi connectivity index (χ2v) is 10.1. The van der Waals surface area contributed by atoms with E-state index < -0.39 is 0 Å². The zero-order chi connectivity index (χ0) is 19.8. The molecule has 0 aromatic rings. The normalized spacial score (nSPS) is 39.4. The molecule has 0 heterocycles. The highest BCUT2D eigenvalue weighted by molar-refractivity contribution is 8.09. The van der Waals surface area contributed by atoms with E-state index in [-0.39, 0.29) is 27.6 Å². The molecule has 0 amide bonds. The third-order valence-corrected chi connectivity index (χ3v) is 8.75. The highest BCUT2D eigenvalue weighted by atomic mass is 32.2. The number of fused-ring (bicyclic) bond motifs is 3. The van der Waals surface area contributed by atoms with Gasteiger partial charge >= 0.3 is 0 Å². The van der Waals surface area contributed by atoms with Crippen molar-refractivity contribution < 1.29 is 13.8 Å².